The maximum Gasteiger partial charge on any atom is 0.435 e. The Morgan fingerprint density at radius 2 is 0.722 bits per heavy atom. The van der Waals surface area contributed by atoms with E-state index in [2.05, 4.69) is 0 Å². The average molecular weight is 302 g/mol. The Morgan fingerprint density at radius 3 is 0.833 bits per heavy atom. The molecule has 0 aliphatic rings. The molecule has 12 heteroatoms. The molecule has 0 bridgehead atoms. The Labute approximate surface area is 90.6 Å². The topological polar surface area (TPSA) is 0 Å². The highest BCUT2D eigenvalue weighted by Gasteiger charge is 2.87. The molecule has 0 aromatic heterocycles. The molecule has 0 unspecified atom stereocenters. The third kappa shape index (κ3) is 2.09. The van der Waals surface area contributed by atoms with Gasteiger partial charge in [0.15, 0.2) is 0 Å². The second-order valence-corrected chi connectivity index (χ2v) is 3.00. The first-order chi connectivity index (χ1) is 7.64. The quantitative estimate of drug-likeness (QED) is 0.687. The third-order valence-electron chi connectivity index (χ3n) is 1.86. The average Bonchev–Trinajstić information content (AvgIpc) is 2.13. The maximum atomic E-state index is 12.8. The van der Waals surface area contributed by atoms with Gasteiger partial charge >= 0.3 is 36.5 Å². The molecule has 110 valence electrons. The van der Waals surface area contributed by atoms with E-state index in [1.54, 1.807) is 0 Å². The predicted octanol–water partition coefficient (Wildman–Crippen LogP) is 4.06. The van der Waals surface area contributed by atoms with E-state index in [0.717, 1.165) is 0 Å². The van der Waals surface area contributed by atoms with Gasteiger partial charge in [-0.25, -0.2) is 22.0 Å². The zero-order valence-electron chi connectivity index (χ0n) is 7.69. The van der Waals surface area contributed by atoms with E-state index in [9.17, 15) is 52.7 Å². The van der Waals surface area contributed by atoms with Gasteiger partial charge in [-0.3, -0.25) is 0 Å². The van der Waals surface area contributed by atoms with Gasteiger partial charge in [0.2, 0.25) is 0 Å². The summed E-state index contributed by atoms with van der Waals surface area (Å²) in [7, 11) is 0. The zero-order chi connectivity index (χ0) is 15.2. The van der Waals surface area contributed by atoms with Gasteiger partial charge in [-0.15, -0.1) is 0 Å². The first-order valence-corrected chi connectivity index (χ1v) is 3.71. The summed E-state index contributed by atoms with van der Waals surface area (Å²) in [5.41, 5.74) is -7.39. The maximum absolute atomic E-state index is 12.8. The highest BCUT2D eigenvalue weighted by atomic mass is 19.4. The van der Waals surface area contributed by atoms with Gasteiger partial charge in [-0.05, 0) is 0 Å². The number of hydrogen-bond donors (Lipinski definition) is 0. The highest BCUT2D eigenvalue weighted by molar-refractivity contribution is 5.11. The van der Waals surface area contributed by atoms with Gasteiger partial charge in [-0.1, -0.05) is 0 Å². The van der Waals surface area contributed by atoms with Gasteiger partial charge in [0, 0.05) is 0 Å². The van der Waals surface area contributed by atoms with Crippen molar-refractivity contribution in [2.75, 3.05) is 0 Å². The minimum Gasteiger partial charge on any atom is -0.220 e. The van der Waals surface area contributed by atoms with Crippen LogP contribution in [-0.2, 0) is 0 Å². The molecular formula is C6H2F12. The van der Waals surface area contributed by atoms with Crippen molar-refractivity contribution in [1.82, 2.24) is 0 Å². The van der Waals surface area contributed by atoms with Crippen LogP contribution in [-0.4, -0.2) is 36.5 Å². The Balaban J connectivity index is 6.09. The monoisotopic (exact) mass is 302 g/mol. The van der Waals surface area contributed by atoms with Crippen LogP contribution in [0.4, 0.5) is 52.7 Å². The fourth-order valence-electron chi connectivity index (χ4n) is 0.901. The normalized spacial score (nSPS) is 15.7. The smallest absolute Gasteiger partial charge is 0.220 e. The molecule has 0 amide bonds. The first kappa shape index (κ1) is 17.2. The lowest BCUT2D eigenvalue weighted by Gasteiger charge is -2.38. The van der Waals surface area contributed by atoms with Gasteiger partial charge < -0.3 is 0 Å². The molecule has 18 heavy (non-hydrogen) atoms. The van der Waals surface area contributed by atoms with E-state index in [1.165, 1.54) is 0 Å². The van der Waals surface area contributed by atoms with E-state index in [1.807, 2.05) is 0 Å². The van der Waals surface area contributed by atoms with Crippen molar-refractivity contribution in [3.8, 4) is 0 Å². The van der Waals surface area contributed by atoms with E-state index in [-0.39, 0.29) is 0 Å². The molecule has 0 aliphatic carbocycles. The summed E-state index contributed by atoms with van der Waals surface area (Å²) in [5.74, 6) is -14.1. The lowest BCUT2D eigenvalue weighted by Crippen LogP contribution is -2.70. The Hall–Kier alpha value is -0.840. The Bertz CT molecular complexity index is 267. The molecule has 0 spiro atoms. The Morgan fingerprint density at radius 1 is 0.500 bits per heavy atom. The molecule has 0 rings (SSSR count). The molecule has 0 N–H and O–H groups in total. The molecule has 0 saturated carbocycles. The van der Waals surface area contributed by atoms with E-state index in [4.69, 9.17) is 0 Å². The summed E-state index contributed by atoms with van der Waals surface area (Å²) in [5, 5.41) is 0. The predicted molar refractivity (Wildman–Crippen MR) is 31.8 cm³/mol. The minimum absolute atomic E-state index is 5.56. The molecule has 0 aliphatic heterocycles. The fraction of sp³-hybridized carbons (Fsp3) is 1.00. The van der Waals surface area contributed by atoms with E-state index >= 15 is 0 Å². The fourth-order valence-corrected chi connectivity index (χ4v) is 0.901. The van der Waals surface area contributed by atoms with Gasteiger partial charge in [0.05, 0.1) is 0 Å². The summed E-state index contributed by atoms with van der Waals surface area (Å²) in [6.45, 7) is 0. The third-order valence-corrected chi connectivity index (χ3v) is 1.86. The standard InChI is InChI=1S/C6H2F12/c7-1(8)3(11,12)5(15,6(16,17)18)4(13,14)2(9)10/h1-2H. The molecule has 0 atom stereocenters. The molecule has 0 heterocycles. The van der Waals surface area contributed by atoms with Crippen molar-refractivity contribution in [2.45, 2.75) is 36.5 Å². The van der Waals surface area contributed by atoms with Crippen molar-refractivity contribution in [3.05, 3.63) is 0 Å². The number of rotatable bonds is 4. The molecule has 0 saturated heterocycles. The molecule has 0 radical (unpaired) electrons. The van der Waals surface area contributed by atoms with Crippen molar-refractivity contribution in [2.24, 2.45) is 0 Å². The largest absolute Gasteiger partial charge is 0.435 e. The van der Waals surface area contributed by atoms with E-state index in [0.29, 0.717) is 0 Å². The SMILES string of the molecule is FC(F)C(F)(F)C(F)(C(F)(F)F)C(F)(F)C(F)F. The number of hydrogen-bond acceptors (Lipinski definition) is 0. The van der Waals surface area contributed by atoms with Crippen molar-refractivity contribution in [1.29, 1.82) is 0 Å². The van der Waals surface area contributed by atoms with Crippen LogP contribution < -0.4 is 0 Å². The van der Waals surface area contributed by atoms with Crippen molar-refractivity contribution < 1.29 is 52.7 Å². The van der Waals surface area contributed by atoms with Crippen molar-refractivity contribution >= 4 is 0 Å². The molecule has 0 fully saturated rings. The summed E-state index contributed by atoms with van der Waals surface area (Å²) >= 11 is 0. The lowest BCUT2D eigenvalue weighted by atomic mass is 9.89. The summed E-state index contributed by atoms with van der Waals surface area (Å²) < 4.78 is 144. The van der Waals surface area contributed by atoms with Crippen LogP contribution in [0.25, 0.3) is 0 Å². The summed E-state index contributed by atoms with van der Waals surface area (Å²) in [6, 6.07) is 0. The van der Waals surface area contributed by atoms with Crippen molar-refractivity contribution in [3.63, 3.8) is 0 Å². The van der Waals surface area contributed by atoms with Gasteiger partial charge in [0.1, 0.15) is 0 Å². The summed E-state index contributed by atoms with van der Waals surface area (Å²) in [6.07, 6.45) is -18.5. The van der Waals surface area contributed by atoms with Crippen LogP contribution in [0.5, 0.6) is 0 Å². The van der Waals surface area contributed by atoms with Crippen LogP contribution in [0.3, 0.4) is 0 Å². The molecule has 0 aromatic carbocycles. The van der Waals surface area contributed by atoms with Crippen LogP contribution in [0.2, 0.25) is 0 Å². The van der Waals surface area contributed by atoms with Crippen LogP contribution in [0.1, 0.15) is 0 Å². The van der Waals surface area contributed by atoms with Gasteiger partial charge in [0.25, 0.3) is 0 Å². The van der Waals surface area contributed by atoms with Crippen LogP contribution in [0, 0.1) is 0 Å². The molecule has 0 nitrogen and oxygen atoms in total. The lowest BCUT2D eigenvalue weighted by molar-refractivity contribution is -0.399. The van der Waals surface area contributed by atoms with Gasteiger partial charge in [-0.2, -0.15) is 30.7 Å². The van der Waals surface area contributed by atoms with E-state index < -0.39 is 36.5 Å². The second kappa shape index (κ2) is 4.37. The second-order valence-electron chi connectivity index (χ2n) is 3.00. The summed E-state index contributed by atoms with van der Waals surface area (Å²) in [4.78, 5) is 0. The molecule has 0 aromatic rings. The zero-order valence-corrected chi connectivity index (χ0v) is 7.69. The highest BCUT2D eigenvalue weighted by Crippen LogP contribution is 2.57. The molecular weight excluding hydrogens is 300 g/mol. The van der Waals surface area contributed by atoms with Crippen LogP contribution >= 0.6 is 0 Å². The first-order valence-electron chi connectivity index (χ1n) is 3.71. The minimum atomic E-state index is -7.39. The van der Waals surface area contributed by atoms with Crippen LogP contribution in [0.15, 0.2) is 0 Å². The number of halogens is 12. The Kier molecular flexibility index (Phi) is 4.16. The number of alkyl halides is 12.